The molecule has 0 amide bonds. The van der Waals surface area contributed by atoms with E-state index in [2.05, 4.69) is 56.4 Å². The Kier molecular flexibility index (Phi) is 34.0. The maximum absolute atomic E-state index is 12.4. The highest BCUT2D eigenvalue weighted by atomic mass is 35.7. The second-order valence-electron chi connectivity index (χ2n) is 12.5. The number of halogens is 1. The molecule has 0 bridgehead atoms. The molecule has 2 atom stereocenters. The van der Waals surface area contributed by atoms with Crippen molar-refractivity contribution in [3.05, 3.63) is 48.6 Å². The van der Waals surface area contributed by atoms with Gasteiger partial charge in [-0.25, -0.2) is 4.57 Å². The molecule has 48 heavy (non-hydrogen) atoms. The van der Waals surface area contributed by atoms with Gasteiger partial charge >= 0.3 is 18.9 Å². The van der Waals surface area contributed by atoms with Gasteiger partial charge in [-0.3, -0.25) is 14.1 Å². The maximum Gasteiger partial charge on any atom is 0.421 e. The van der Waals surface area contributed by atoms with E-state index in [0.717, 1.165) is 44.9 Å². The Morgan fingerprint density at radius 1 is 0.583 bits per heavy atom. The van der Waals surface area contributed by atoms with Crippen molar-refractivity contribution in [1.29, 1.82) is 0 Å². The van der Waals surface area contributed by atoms with Gasteiger partial charge < -0.3 is 14.4 Å². The van der Waals surface area contributed by atoms with Crippen LogP contribution in [0.3, 0.4) is 0 Å². The Labute approximate surface area is 298 Å². The number of ether oxygens (including phenoxy) is 2. The van der Waals surface area contributed by atoms with Crippen LogP contribution in [0.15, 0.2) is 48.6 Å². The monoisotopic (exact) mass is 714 g/mol. The Morgan fingerprint density at radius 3 is 1.50 bits per heavy atom. The fraction of sp³-hybridized carbons (Fsp3) is 0.744. The van der Waals surface area contributed by atoms with Crippen molar-refractivity contribution in [2.24, 2.45) is 0 Å². The molecule has 0 radical (unpaired) electrons. The highest BCUT2D eigenvalue weighted by Crippen LogP contribution is 2.47. The van der Waals surface area contributed by atoms with E-state index >= 15 is 0 Å². The van der Waals surface area contributed by atoms with Crippen molar-refractivity contribution in [1.82, 2.24) is 0 Å². The molecule has 0 saturated heterocycles. The van der Waals surface area contributed by atoms with Gasteiger partial charge in [0.05, 0.1) is 6.61 Å². The smallest absolute Gasteiger partial charge is 0.421 e. The van der Waals surface area contributed by atoms with Crippen LogP contribution in [-0.2, 0) is 28.2 Å². The maximum atomic E-state index is 12.4. The molecule has 0 rings (SSSR count). The summed E-state index contributed by atoms with van der Waals surface area (Å²) in [6.07, 6.45) is 41.6. The van der Waals surface area contributed by atoms with E-state index in [1.165, 1.54) is 89.9 Å². The van der Waals surface area contributed by atoms with Crippen LogP contribution in [0.1, 0.15) is 168 Å². The fourth-order valence-corrected chi connectivity index (χ4v) is 5.53. The van der Waals surface area contributed by atoms with Crippen molar-refractivity contribution in [2.45, 2.75) is 174 Å². The number of hydrogen-bond acceptors (Lipinski definition) is 6. The lowest BCUT2D eigenvalue weighted by atomic mass is 10.0. The Bertz CT molecular complexity index is 925. The molecule has 0 saturated carbocycles. The summed E-state index contributed by atoms with van der Waals surface area (Å²) in [7, 11) is 0. The summed E-state index contributed by atoms with van der Waals surface area (Å²) in [5.41, 5.74) is 0. The van der Waals surface area contributed by atoms with Gasteiger partial charge in [-0.1, -0.05) is 152 Å². The number of rotatable bonds is 34. The minimum absolute atomic E-state index is 0.166. The van der Waals surface area contributed by atoms with E-state index in [4.69, 9.17) is 25.2 Å². The number of hydrogen-bond donors (Lipinski definition) is 1. The van der Waals surface area contributed by atoms with Gasteiger partial charge in [0.15, 0.2) is 6.10 Å². The lowest BCUT2D eigenvalue weighted by molar-refractivity contribution is -0.161. The quantitative estimate of drug-likeness (QED) is 0.0306. The first kappa shape index (κ1) is 46.3. The normalized spacial score (nSPS) is 14.0. The lowest BCUT2D eigenvalue weighted by Gasteiger charge is -2.18. The largest absolute Gasteiger partial charge is 0.462 e. The van der Waals surface area contributed by atoms with E-state index in [1.807, 2.05) is 6.08 Å². The molecule has 9 heteroatoms. The summed E-state index contributed by atoms with van der Waals surface area (Å²) in [5, 5.41) is 0. The van der Waals surface area contributed by atoms with Gasteiger partial charge in [-0.15, -0.1) is 0 Å². The first-order chi connectivity index (χ1) is 23.3. The standard InChI is InChI=1S/C39H68ClO7P/c1-3-5-7-9-11-13-15-17-18-19-20-22-24-26-28-30-32-34-39(42)47-37(36-46-48(40,43)44)35-45-38(41)33-31-29-27-25-23-21-16-14-12-10-8-6-4-2/h11,13,17-18,20,22,26,28,37H,3-10,12,14-16,19,21,23-25,27,29-36H2,1-2H3,(H,43,44)/b13-11-,18-17-,22-20-,28-26-/t37-/m1/s1. The number of allylic oxidation sites excluding steroid dienone is 8. The highest BCUT2D eigenvalue weighted by Gasteiger charge is 2.22. The molecule has 1 N–H and O–H groups in total. The van der Waals surface area contributed by atoms with E-state index < -0.39 is 31.6 Å². The average molecular weight is 715 g/mol. The predicted molar refractivity (Wildman–Crippen MR) is 201 cm³/mol. The summed E-state index contributed by atoms with van der Waals surface area (Å²) in [4.78, 5) is 33.9. The van der Waals surface area contributed by atoms with Crippen LogP contribution in [-0.4, -0.2) is 36.1 Å². The zero-order chi connectivity index (χ0) is 35.4. The molecule has 0 aromatic carbocycles. The second kappa shape index (κ2) is 35.2. The van der Waals surface area contributed by atoms with Gasteiger partial charge in [0, 0.05) is 24.1 Å². The van der Waals surface area contributed by atoms with Gasteiger partial charge in [-0.05, 0) is 51.4 Å². The molecule has 0 aromatic rings. The molecular formula is C39H68ClO7P. The first-order valence-corrected chi connectivity index (χ1v) is 21.4. The van der Waals surface area contributed by atoms with Crippen LogP contribution in [0, 0.1) is 0 Å². The van der Waals surface area contributed by atoms with E-state index in [1.54, 1.807) is 0 Å². The first-order valence-electron chi connectivity index (χ1n) is 18.9. The van der Waals surface area contributed by atoms with Crippen LogP contribution in [0.4, 0.5) is 0 Å². The van der Waals surface area contributed by atoms with Crippen molar-refractivity contribution >= 4 is 30.1 Å². The highest BCUT2D eigenvalue weighted by molar-refractivity contribution is 7.80. The van der Waals surface area contributed by atoms with Crippen molar-refractivity contribution in [3.8, 4) is 0 Å². The number of carbonyl (C=O) groups excluding carboxylic acids is 2. The summed E-state index contributed by atoms with van der Waals surface area (Å²) in [6, 6.07) is 0. The van der Waals surface area contributed by atoms with Crippen LogP contribution < -0.4 is 0 Å². The van der Waals surface area contributed by atoms with Crippen LogP contribution in [0.25, 0.3) is 0 Å². The Hall–Kier alpha value is -1.66. The molecule has 278 valence electrons. The topological polar surface area (TPSA) is 99.1 Å². The second-order valence-corrected chi connectivity index (χ2v) is 15.0. The van der Waals surface area contributed by atoms with Crippen molar-refractivity contribution < 1.29 is 33.0 Å². The minimum Gasteiger partial charge on any atom is -0.462 e. The molecule has 0 aliphatic rings. The predicted octanol–water partition coefficient (Wildman–Crippen LogP) is 12.4. The van der Waals surface area contributed by atoms with Crippen LogP contribution >= 0.6 is 18.2 Å². The molecule has 0 aliphatic carbocycles. The number of unbranched alkanes of at least 4 members (excludes halogenated alkanes) is 16. The van der Waals surface area contributed by atoms with Crippen molar-refractivity contribution in [2.75, 3.05) is 13.2 Å². The Balaban J connectivity index is 4.08. The van der Waals surface area contributed by atoms with Crippen LogP contribution in [0.5, 0.6) is 0 Å². The van der Waals surface area contributed by atoms with Gasteiger partial charge in [0.2, 0.25) is 0 Å². The summed E-state index contributed by atoms with van der Waals surface area (Å²) < 4.78 is 26.7. The SMILES string of the molecule is CCCCC/C=C\C/C=C\C/C=C\C/C=C\CCCC(=O)O[C@H](COC(=O)CCCCCCCCCCCCCCC)COP(=O)(O)Cl. The summed E-state index contributed by atoms with van der Waals surface area (Å²) in [6.45, 7) is -0.517. The molecule has 1 unspecified atom stereocenters. The molecule has 0 heterocycles. The third-order valence-electron chi connectivity index (χ3n) is 7.84. The van der Waals surface area contributed by atoms with Gasteiger partial charge in [-0.2, -0.15) is 0 Å². The molecule has 7 nitrogen and oxygen atoms in total. The van der Waals surface area contributed by atoms with Crippen LogP contribution in [0.2, 0.25) is 0 Å². The summed E-state index contributed by atoms with van der Waals surface area (Å²) >= 11 is 5.28. The lowest BCUT2D eigenvalue weighted by Crippen LogP contribution is -2.29. The van der Waals surface area contributed by atoms with Gasteiger partial charge in [0.25, 0.3) is 0 Å². The van der Waals surface area contributed by atoms with Gasteiger partial charge in [0.1, 0.15) is 6.61 Å². The third-order valence-corrected chi connectivity index (χ3v) is 8.60. The minimum atomic E-state index is -4.29. The van der Waals surface area contributed by atoms with E-state index in [0.29, 0.717) is 6.42 Å². The van der Waals surface area contributed by atoms with Crippen molar-refractivity contribution in [3.63, 3.8) is 0 Å². The number of carbonyl (C=O) groups is 2. The molecule has 0 spiro atoms. The summed E-state index contributed by atoms with van der Waals surface area (Å²) in [5.74, 6) is -0.882. The molecule has 0 fully saturated rings. The average Bonchev–Trinajstić information content (AvgIpc) is 3.05. The number of esters is 2. The zero-order valence-electron chi connectivity index (χ0n) is 30.3. The molecule has 0 aliphatic heterocycles. The fourth-order valence-electron chi connectivity index (χ4n) is 5.01. The van der Waals surface area contributed by atoms with E-state index in [9.17, 15) is 19.0 Å². The third kappa shape index (κ3) is 37.2. The zero-order valence-corrected chi connectivity index (χ0v) is 32.0. The Morgan fingerprint density at radius 2 is 1.00 bits per heavy atom. The molecular weight excluding hydrogens is 647 g/mol. The molecule has 0 aromatic heterocycles. The van der Waals surface area contributed by atoms with E-state index in [-0.39, 0.29) is 19.4 Å².